The molecule has 0 radical (unpaired) electrons. The molecular weight excluding hydrogens is 290 g/mol. The van der Waals surface area contributed by atoms with E-state index in [4.69, 9.17) is 4.74 Å². The van der Waals surface area contributed by atoms with E-state index >= 15 is 0 Å². The Labute approximate surface area is 138 Å². The van der Waals surface area contributed by atoms with Crippen molar-refractivity contribution in [3.8, 4) is 0 Å². The molecular formula is C19H29NO3. The summed E-state index contributed by atoms with van der Waals surface area (Å²) in [6.07, 6.45) is 7.22. The number of hydrogen-bond acceptors (Lipinski definition) is 3. The Morgan fingerprint density at radius 3 is 2.65 bits per heavy atom. The number of pyridine rings is 1. The molecule has 23 heavy (non-hydrogen) atoms. The standard InChI is InChI=1S/C19H29NO3/c1-3-14-5-9-16(10-6-14)23-12-17-18(21)11-8-15-7-4-13(2)19(22)20(15)17/h4,7,14,16-18,21H,3,5-6,8-12H2,1-2H3. The van der Waals surface area contributed by atoms with Gasteiger partial charge in [0.15, 0.2) is 0 Å². The molecule has 2 aliphatic rings. The number of aromatic nitrogens is 1. The topological polar surface area (TPSA) is 51.5 Å². The van der Waals surface area contributed by atoms with Gasteiger partial charge in [0.05, 0.1) is 24.9 Å². The molecule has 1 saturated carbocycles. The maximum absolute atomic E-state index is 12.5. The number of aryl methyl sites for hydroxylation is 2. The van der Waals surface area contributed by atoms with E-state index in [1.165, 1.54) is 19.3 Å². The number of rotatable bonds is 4. The van der Waals surface area contributed by atoms with Gasteiger partial charge in [-0.1, -0.05) is 19.4 Å². The van der Waals surface area contributed by atoms with Gasteiger partial charge in [0.25, 0.3) is 5.56 Å². The number of aliphatic hydroxyl groups excluding tert-OH is 1. The van der Waals surface area contributed by atoms with E-state index < -0.39 is 6.10 Å². The fourth-order valence-corrected chi connectivity index (χ4v) is 4.05. The van der Waals surface area contributed by atoms with Crippen molar-refractivity contribution in [3.05, 3.63) is 33.7 Å². The maximum atomic E-state index is 12.5. The summed E-state index contributed by atoms with van der Waals surface area (Å²) < 4.78 is 7.90. The molecule has 4 nitrogen and oxygen atoms in total. The summed E-state index contributed by atoms with van der Waals surface area (Å²) in [5.74, 6) is 0.848. The highest BCUT2D eigenvalue weighted by Crippen LogP contribution is 2.30. The number of aliphatic hydroxyl groups is 1. The van der Waals surface area contributed by atoms with Gasteiger partial charge in [-0.05, 0) is 57.4 Å². The Hall–Kier alpha value is -1.13. The Morgan fingerprint density at radius 1 is 1.22 bits per heavy atom. The number of ether oxygens (including phenoxy) is 1. The van der Waals surface area contributed by atoms with E-state index in [-0.39, 0.29) is 17.7 Å². The van der Waals surface area contributed by atoms with Gasteiger partial charge in [-0.15, -0.1) is 0 Å². The third-order valence-corrected chi connectivity index (χ3v) is 5.74. The van der Waals surface area contributed by atoms with Crippen molar-refractivity contribution in [1.29, 1.82) is 0 Å². The zero-order valence-corrected chi connectivity index (χ0v) is 14.3. The van der Waals surface area contributed by atoms with Gasteiger partial charge in [-0.2, -0.15) is 0 Å². The second kappa shape index (κ2) is 7.18. The lowest BCUT2D eigenvalue weighted by Gasteiger charge is -2.34. The third-order valence-electron chi connectivity index (χ3n) is 5.74. The zero-order chi connectivity index (χ0) is 16.4. The van der Waals surface area contributed by atoms with Gasteiger partial charge in [-0.3, -0.25) is 4.79 Å². The molecule has 4 heteroatoms. The molecule has 3 rings (SSSR count). The van der Waals surface area contributed by atoms with Crippen LogP contribution in [0, 0.1) is 12.8 Å². The lowest BCUT2D eigenvalue weighted by Crippen LogP contribution is -2.42. The molecule has 1 N–H and O–H groups in total. The van der Waals surface area contributed by atoms with Crippen molar-refractivity contribution in [2.75, 3.05) is 6.61 Å². The highest BCUT2D eigenvalue weighted by molar-refractivity contribution is 5.18. The van der Waals surface area contributed by atoms with Gasteiger partial charge in [0.2, 0.25) is 0 Å². The predicted octanol–water partition coefficient (Wildman–Crippen LogP) is 2.99. The van der Waals surface area contributed by atoms with Gasteiger partial charge in [0.1, 0.15) is 0 Å². The van der Waals surface area contributed by atoms with Crippen molar-refractivity contribution >= 4 is 0 Å². The lowest BCUT2D eigenvalue weighted by atomic mass is 9.86. The molecule has 0 amide bonds. The van der Waals surface area contributed by atoms with Crippen LogP contribution in [0.25, 0.3) is 0 Å². The number of fused-ring (bicyclic) bond motifs is 1. The average molecular weight is 319 g/mol. The van der Waals surface area contributed by atoms with E-state index in [9.17, 15) is 9.90 Å². The van der Waals surface area contributed by atoms with E-state index in [0.29, 0.717) is 13.0 Å². The molecule has 0 bridgehead atoms. The van der Waals surface area contributed by atoms with Crippen molar-refractivity contribution in [1.82, 2.24) is 4.57 Å². The van der Waals surface area contributed by atoms with Crippen LogP contribution >= 0.6 is 0 Å². The highest BCUT2D eigenvalue weighted by Gasteiger charge is 2.30. The quantitative estimate of drug-likeness (QED) is 0.928. The summed E-state index contributed by atoms with van der Waals surface area (Å²) in [5.41, 5.74) is 1.77. The van der Waals surface area contributed by atoms with E-state index in [1.54, 1.807) is 4.57 Å². The first-order valence-electron chi connectivity index (χ1n) is 9.10. The predicted molar refractivity (Wildman–Crippen MR) is 90.8 cm³/mol. The molecule has 2 unspecified atom stereocenters. The molecule has 0 aromatic carbocycles. The van der Waals surface area contributed by atoms with Crippen molar-refractivity contribution < 1.29 is 9.84 Å². The Morgan fingerprint density at radius 2 is 1.96 bits per heavy atom. The van der Waals surface area contributed by atoms with Crippen molar-refractivity contribution in [2.24, 2.45) is 5.92 Å². The Bertz CT molecular complexity index is 587. The first-order valence-corrected chi connectivity index (χ1v) is 9.10. The number of nitrogens with zero attached hydrogens (tertiary/aromatic N) is 1. The zero-order valence-electron chi connectivity index (χ0n) is 14.3. The van der Waals surface area contributed by atoms with Crippen LogP contribution in [-0.4, -0.2) is 28.5 Å². The van der Waals surface area contributed by atoms with Crippen LogP contribution in [0.1, 0.15) is 62.7 Å². The van der Waals surface area contributed by atoms with Crippen LogP contribution in [-0.2, 0) is 11.2 Å². The highest BCUT2D eigenvalue weighted by atomic mass is 16.5. The molecule has 2 atom stereocenters. The fraction of sp³-hybridized carbons (Fsp3) is 0.737. The molecule has 1 fully saturated rings. The van der Waals surface area contributed by atoms with E-state index in [2.05, 4.69) is 6.92 Å². The van der Waals surface area contributed by atoms with Crippen LogP contribution in [0.3, 0.4) is 0 Å². The van der Waals surface area contributed by atoms with Crippen LogP contribution in [0.4, 0.5) is 0 Å². The molecule has 128 valence electrons. The summed E-state index contributed by atoms with van der Waals surface area (Å²) >= 11 is 0. The van der Waals surface area contributed by atoms with Crippen LogP contribution in [0.5, 0.6) is 0 Å². The normalized spacial score (nSPS) is 30.9. The first-order chi connectivity index (χ1) is 11.1. The van der Waals surface area contributed by atoms with Crippen LogP contribution in [0.2, 0.25) is 0 Å². The summed E-state index contributed by atoms with van der Waals surface area (Å²) in [6.45, 7) is 4.54. The minimum absolute atomic E-state index is 0.0181. The molecule has 1 aliphatic carbocycles. The van der Waals surface area contributed by atoms with E-state index in [1.807, 2.05) is 19.1 Å². The van der Waals surface area contributed by atoms with Crippen LogP contribution < -0.4 is 5.56 Å². The minimum Gasteiger partial charge on any atom is -0.391 e. The molecule has 2 heterocycles. The van der Waals surface area contributed by atoms with Crippen molar-refractivity contribution in [3.63, 3.8) is 0 Å². The molecule has 0 saturated heterocycles. The van der Waals surface area contributed by atoms with Gasteiger partial charge < -0.3 is 14.4 Å². The second-order valence-corrected chi connectivity index (χ2v) is 7.24. The van der Waals surface area contributed by atoms with Crippen LogP contribution in [0.15, 0.2) is 16.9 Å². The third kappa shape index (κ3) is 3.53. The Balaban J connectivity index is 1.69. The van der Waals surface area contributed by atoms with Gasteiger partial charge in [-0.25, -0.2) is 0 Å². The first kappa shape index (κ1) is 16.7. The summed E-state index contributed by atoms with van der Waals surface area (Å²) in [6, 6.07) is 3.66. The smallest absolute Gasteiger partial charge is 0.254 e. The maximum Gasteiger partial charge on any atom is 0.254 e. The SMILES string of the molecule is CCC1CCC(OCC2C(O)CCc3ccc(C)c(=O)n32)CC1. The second-order valence-electron chi connectivity index (χ2n) is 7.24. The molecule has 1 aromatic heterocycles. The monoisotopic (exact) mass is 319 g/mol. The largest absolute Gasteiger partial charge is 0.391 e. The number of hydrogen-bond donors (Lipinski definition) is 1. The van der Waals surface area contributed by atoms with Gasteiger partial charge in [0, 0.05) is 11.3 Å². The molecule has 1 aromatic rings. The average Bonchev–Trinajstić information content (AvgIpc) is 2.58. The summed E-state index contributed by atoms with van der Waals surface area (Å²) in [5, 5.41) is 10.4. The Kier molecular flexibility index (Phi) is 5.22. The molecule has 0 spiro atoms. The van der Waals surface area contributed by atoms with Crippen molar-refractivity contribution in [2.45, 2.75) is 77.0 Å². The van der Waals surface area contributed by atoms with E-state index in [0.717, 1.165) is 36.4 Å². The fourth-order valence-electron chi connectivity index (χ4n) is 4.05. The minimum atomic E-state index is -0.492. The van der Waals surface area contributed by atoms with Gasteiger partial charge >= 0.3 is 0 Å². The lowest BCUT2D eigenvalue weighted by molar-refractivity contribution is -0.0329. The summed E-state index contributed by atoms with van der Waals surface area (Å²) in [4.78, 5) is 12.5. The molecule has 1 aliphatic heterocycles. The summed E-state index contributed by atoms with van der Waals surface area (Å²) in [7, 11) is 0.